The van der Waals surface area contributed by atoms with Crippen LogP contribution in [0.5, 0.6) is 0 Å². The molecule has 0 spiro atoms. The molecular weight excluding hydrogens is 256 g/mol. The van der Waals surface area contributed by atoms with E-state index < -0.39 is 5.97 Å². The zero-order valence-electron chi connectivity index (χ0n) is 11.6. The number of rotatable bonds is 6. The van der Waals surface area contributed by atoms with Gasteiger partial charge < -0.3 is 15.7 Å². The maximum Gasteiger partial charge on any atom is 0.319 e. The largest absolute Gasteiger partial charge is 0.481 e. The van der Waals surface area contributed by atoms with E-state index in [1.54, 1.807) is 24.3 Å². The molecule has 2 amide bonds. The van der Waals surface area contributed by atoms with Gasteiger partial charge in [0.05, 0.1) is 6.42 Å². The van der Waals surface area contributed by atoms with E-state index in [-0.39, 0.29) is 12.5 Å². The third-order valence-corrected chi connectivity index (χ3v) is 3.47. The fourth-order valence-corrected chi connectivity index (χ4v) is 2.33. The molecule has 0 aliphatic heterocycles. The van der Waals surface area contributed by atoms with Gasteiger partial charge in [0.1, 0.15) is 0 Å². The summed E-state index contributed by atoms with van der Waals surface area (Å²) in [5, 5.41) is 14.4. The lowest BCUT2D eigenvalue weighted by atomic mass is 10.1. The Kier molecular flexibility index (Phi) is 4.61. The topological polar surface area (TPSA) is 78.4 Å². The fourth-order valence-electron chi connectivity index (χ4n) is 2.33. The minimum absolute atomic E-state index is 0.00670. The van der Waals surface area contributed by atoms with Crippen LogP contribution in [0.15, 0.2) is 24.3 Å². The lowest BCUT2D eigenvalue weighted by molar-refractivity contribution is -0.136. The van der Waals surface area contributed by atoms with Crippen LogP contribution >= 0.6 is 0 Å². The Hall–Kier alpha value is -2.04. The molecule has 1 aromatic rings. The number of benzene rings is 1. The molecule has 0 heterocycles. The molecule has 0 aromatic heterocycles. The Morgan fingerprint density at radius 2 is 2.00 bits per heavy atom. The van der Waals surface area contributed by atoms with E-state index in [2.05, 4.69) is 17.6 Å². The van der Waals surface area contributed by atoms with Gasteiger partial charge in [0.2, 0.25) is 0 Å². The SMILES string of the molecule is CCCC1CC1NC(=O)Nc1ccc(CC(=O)O)cc1. The van der Waals surface area contributed by atoms with Crippen LogP contribution in [0.25, 0.3) is 0 Å². The van der Waals surface area contributed by atoms with Crippen LogP contribution in [0.4, 0.5) is 10.5 Å². The number of nitrogens with one attached hydrogen (secondary N) is 2. The average Bonchev–Trinajstić information content (AvgIpc) is 3.09. The number of hydrogen-bond donors (Lipinski definition) is 3. The first-order chi connectivity index (χ1) is 9.58. The van der Waals surface area contributed by atoms with Gasteiger partial charge in [0, 0.05) is 11.7 Å². The second kappa shape index (κ2) is 6.41. The van der Waals surface area contributed by atoms with E-state index in [0.717, 1.165) is 19.3 Å². The van der Waals surface area contributed by atoms with Gasteiger partial charge in [-0.1, -0.05) is 25.5 Å². The number of anilines is 1. The van der Waals surface area contributed by atoms with Crippen molar-refractivity contribution >= 4 is 17.7 Å². The lowest BCUT2D eigenvalue weighted by Gasteiger charge is -2.08. The number of urea groups is 1. The quantitative estimate of drug-likeness (QED) is 0.747. The molecule has 2 rings (SSSR count). The first kappa shape index (κ1) is 14.4. The molecule has 5 nitrogen and oxygen atoms in total. The van der Waals surface area contributed by atoms with E-state index in [1.807, 2.05) is 0 Å². The Balaban J connectivity index is 1.78. The highest BCUT2D eigenvalue weighted by atomic mass is 16.4. The van der Waals surface area contributed by atoms with Crippen LogP contribution in [0, 0.1) is 5.92 Å². The minimum atomic E-state index is -0.862. The summed E-state index contributed by atoms with van der Waals surface area (Å²) in [6.45, 7) is 2.15. The monoisotopic (exact) mass is 276 g/mol. The van der Waals surface area contributed by atoms with Crippen molar-refractivity contribution in [2.45, 2.75) is 38.6 Å². The number of hydrogen-bond acceptors (Lipinski definition) is 2. The summed E-state index contributed by atoms with van der Waals surface area (Å²) in [4.78, 5) is 22.3. The van der Waals surface area contributed by atoms with Gasteiger partial charge in [-0.25, -0.2) is 4.79 Å². The van der Waals surface area contributed by atoms with E-state index >= 15 is 0 Å². The molecule has 0 radical (unpaired) electrons. The average molecular weight is 276 g/mol. The number of carboxylic acid groups (broad SMARTS) is 1. The predicted octanol–water partition coefficient (Wildman–Crippen LogP) is 2.62. The maximum atomic E-state index is 11.8. The first-order valence-electron chi connectivity index (χ1n) is 6.96. The number of carboxylic acids is 1. The highest BCUT2D eigenvalue weighted by Gasteiger charge is 2.37. The van der Waals surface area contributed by atoms with Gasteiger partial charge in [0.25, 0.3) is 0 Å². The zero-order chi connectivity index (χ0) is 14.5. The molecule has 2 atom stereocenters. The Morgan fingerprint density at radius 1 is 1.30 bits per heavy atom. The minimum Gasteiger partial charge on any atom is -0.481 e. The van der Waals surface area contributed by atoms with Crippen molar-refractivity contribution in [3.63, 3.8) is 0 Å². The van der Waals surface area contributed by atoms with E-state index in [1.165, 1.54) is 0 Å². The van der Waals surface area contributed by atoms with Crippen LogP contribution in [-0.2, 0) is 11.2 Å². The molecule has 0 saturated heterocycles. The molecule has 1 aliphatic carbocycles. The van der Waals surface area contributed by atoms with Crippen LogP contribution in [0.3, 0.4) is 0 Å². The Labute approximate surface area is 118 Å². The van der Waals surface area contributed by atoms with Crippen molar-refractivity contribution in [3.8, 4) is 0 Å². The molecule has 1 aliphatic rings. The molecular formula is C15H20N2O3. The zero-order valence-corrected chi connectivity index (χ0v) is 11.6. The summed E-state index contributed by atoms with van der Waals surface area (Å²) in [7, 11) is 0. The van der Waals surface area contributed by atoms with Gasteiger partial charge in [-0.3, -0.25) is 4.79 Å². The van der Waals surface area contributed by atoms with Crippen molar-refractivity contribution in [1.29, 1.82) is 0 Å². The summed E-state index contributed by atoms with van der Waals surface area (Å²) in [6.07, 6.45) is 3.37. The smallest absolute Gasteiger partial charge is 0.319 e. The van der Waals surface area contributed by atoms with E-state index in [4.69, 9.17) is 5.11 Å². The molecule has 20 heavy (non-hydrogen) atoms. The van der Waals surface area contributed by atoms with Crippen LogP contribution in [-0.4, -0.2) is 23.1 Å². The highest BCUT2D eigenvalue weighted by Crippen LogP contribution is 2.34. The van der Waals surface area contributed by atoms with Crippen molar-refractivity contribution in [2.24, 2.45) is 5.92 Å². The third kappa shape index (κ3) is 4.26. The Morgan fingerprint density at radius 3 is 2.60 bits per heavy atom. The molecule has 2 unspecified atom stereocenters. The molecule has 3 N–H and O–H groups in total. The van der Waals surface area contributed by atoms with Crippen LogP contribution < -0.4 is 10.6 Å². The first-order valence-corrected chi connectivity index (χ1v) is 6.96. The molecule has 5 heteroatoms. The number of aliphatic carboxylic acids is 1. The van der Waals surface area contributed by atoms with Gasteiger partial charge in [-0.15, -0.1) is 0 Å². The summed E-state index contributed by atoms with van der Waals surface area (Å²) >= 11 is 0. The second-order valence-corrected chi connectivity index (χ2v) is 5.26. The predicted molar refractivity (Wildman–Crippen MR) is 76.7 cm³/mol. The Bertz CT molecular complexity index is 484. The van der Waals surface area contributed by atoms with Gasteiger partial charge in [-0.05, 0) is 36.5 Å². The normalized spacial score (nSPS) is 20.2. The second-order valence-electron chi connectivity index (χ2n) is 5.26. The molecule has 0 bridgehead atoms. The molecule has 1 aromatic carbocycles. The van der Waals surface area contributed by atoms with Crippen molar-refractivity contribution < 1.29 is 14.7 Å². The van der Waals surface area contributed by atoms with Crippen molar-refractivity contribution in [2.75, 3.05) is 5.32 Å². The summed E-state index contributed by atoms with van der Waals surface area (Å²) in [6, 6.07) is 6.96. The highest BCUT2D eigenvalue weighted by molar-refractivity contribution is 5.89. The standard InChI is InChI=1S/C15H20N2O3/c1-2-3-11-9-13(11)17-15(20)16-12-6-4-10(5-7-12)8-14(18)19/h4-7,11,13H,2-3,8-9H2,1H3,(H,18,19)(H2,16,17,20). The van der Waals surface area contributed by atoms with E-state index in [0.29, 0.717) is 23.2 Å². The number of amides is 2. The lowest BCUT2D eigenvalue weighted by Crippen LogP contribution is -2.31. The number of carbonyl (C=O) groups excluding carboxylic acids is 1. The summed E-state index contributed by atoms with van der Waals surface area (Å²) < 4.78 is 0. The van der Waals surface area contributed by atoms with Crippen molar-refractivity contribution in [1.82, 2.24) is 5.32 Å². The van der Waals surface area contributed by atoms with Crippen LogP contribution in [0.2, 0.25) is 0 Å². The maximum absolute atomic E-state index is 11.8. The van der Waals surface area contributed by atoms with Gasteiger partial charge in [0.15, 0.2) is 0 Å². The van der Waals surface area contributed by atoms with Gasteiger partial charge in [-0.2, -0.15) is 0 Å². The van der Waals surface area contributed by atoms with Gasteiger partial charge >= 0.3 is 12.0 Å². The summed E-state index contributed by atoms with van der Waals surface area (Å²) in [5.74, 6) is -0.233. The third-order valence-electron chi connectivity index (χ3n) is 3.47. The number of carbonyl (C=O) groups is 2. The van der Waals surface area contributed by atoms with Crippen LogP contribution in [0.1, 0.15) is 31.7 Å². The summed E-state index contributed by atoms with van der Waals surface area (Å²) in [5.41, 5.74) is 1.39. The van der Waals surface area contributed by atoms with E-state index in [9.17, 15) is 9.59 Å². The fraction of sp³-hybridized carbons (Fsp3) is 0.467. The molecule has 1 fully saturated rings. The molecule has 108 valence electrons. The van der Waals surface area contributed by atoms with Crippen molar-refractivity contribution in [3.05, 3.63) is 29.8 Å². The molecule has 1 saturated carbocycles.